The second kappa shape index (κ2) is 17.7. The number of quaternary nitrogens is 1. The topological polar surface area (TPSA) is 55.4 Å². The van der Waals surface area contributed by atoms with Gasteiger partial charge in [-0.1, -0.05) is 71.1 Å². The number of hydrogen-bond donors (Lipinski definition) is 1. The number of carbonyl (C=O) groups excluding carboxylic acids is 2. The van der Waals surface area contributed by atoms with Crippen LogP contribution in [0.2, 0.25) is 0 Å². The minimum Gasteiger partial charge on any atom is -0.465 e. The van der Waals surface area contributed by atoms with Crippen molar-refractivity contribution in [2.24, 2.45) is 0 Å². The molecule has 29 heavy (non-hydrogen) atoms. The van der Waals surface area contributed by atoms with Crippen LogP contribution in [-0.2, 0) is 14.3 Å². The molecular weight excluding hydrogens is 364 g/mol. The van der Waals surface area contributed by atoms with Crippen molar-refractivity contribution in [3.8, 4) is 0 Å². The van der Waals surface area contributed by atoms with Gasteiger partial charge in [-0.15, -0.1) is 0 Å². The first-order valence-corrected chi connectivity index (χ1v) is 12.0. The lowest BCUT2D eigenvalue weighted by Crippen LogP contribution is -2.50. The predicted octanol–water partition coefficient (Wildman–Crippen LogP) is 5.22. The molecule has 0 bridgehead atoms. The Labute approximate surface area is 180 Å². The van der Waals surface area contributed by atoms with Crippen molar-refractivity contribution in [1.82, 2.24) is 5.32 Å². The van der Waals surface area contributed by atoms with E-state index in [1.165, 1.54) is 64.9 Å². The molecular formula is C24H49N2O3+. The monoisotopic (exact) mass is 413 g/mol. The fourth-order valence-electron chi connectivity index (χ4n) is 3.69. The summed E-state index contributed by atoms with van der Waals surface area (Å²) in [4.78, 5) is 23.8. The Kier molecular flexibility index (Phi) is 17.1. The van der Waals surface area contributed by atoms with E-state index >= 15 is 0 Å². The number of ether oxygens (including phenoxy) is 1. The smallest absolute Gasteiger partial charge is 0.364 e. The molecule has 0 rings (SSSR count). The predicted molar refractivity (Wildman–Crippen MR) is 122 cm³/mol. The Hall–Kier alpha value is -1.10. The lowest BCUT2D eigenvalue weighted by Gasteiger charge is -2.32. The molecule has 0 saturated heterocycles. The number of esters is 1. The summed E-state index contributed by atoms with van der Waals surface area (Å²) in [6.07, 6.45) is 17.5. The molecule has 0 aromatic carbocycles. The maximum Gasteiger partial charge on any atom is 0.364 e. The average Bonchev–Trinajstić information content (AvgIpc) is 2.67. The third-order valence-electron chi connectivity index (χ3n) is 5.64. The molecule has 1 amide bonds. The van der Waals surface area contributed by atoms with E-state index in [-0.39, 0.29) is 17.9 Å². The van der Waals surface area contributed by atoms with Crippen LogP contribution in [-0.4, -0.2) is 57.2 Å². The highest BCUT2D eigenvalue weighted by molar-refractivity contribution is 5.75. The van der Waals surface area contributed by atoms with Crippen LogP contribution in [0.5, 0.6) is 0 Å². The van der Waals surface area contributed by atoms with Crippen LogP contribution in [0.15, 0.2) is 0 Å². The molecule has 172 valence electrons. The second-order valence-corrected chi connectivity index (χ2v) is 9.29. The quantitative estimate of drug-likeness (QED) is 0.179. The van der Waals surface area contributed by atoms with Gasteiger partial charge in [0.05, 0.1) is 28.3 Å². The molecule has 0 saturated carbocycles. The van der Waals surface area contributed by atoms with E-state index in [0.717, 1.165) is 32.1 Å². The largest absolute Gasteiger partial charge is 0.465 e. The standard InChI is InChI=1S/C24H48N2O3/c1-6-7-8-9-10-11-12-13-14-15-16-20-23(27)25-21-18-17-19-22(24(28)29-5)26(2,3)4/h22H,6-21H2,1-5H3/p+1/t22-/m0/s1. The Balaban J connectivity index is 3.55. The zero-order valence-electron chi connectivity index (χ0n) is 20.1. The zero-order valence-corrected chi connectivity index (χ0v) is 20.1. The number of methoxy groups -OCH3 is 1. The van der Waals surface area contributed by atoms with Gasteiger partial charge >= 0.3 is 5.97 Å². The van der Waals surface area contributed by atoms with Crippen LogP contribution < -0.4 is 5.32 Å². The van der Waals surface area contributed by atoms with Gasteiger partial charge in [0.25, 0.3) is 0 Å². The maximum absolute atomic E-state index is 11.9. The van der Waals surface area contributed by atoms with Gasteiger partial charge in [0.15, 0.2) is 6.04 Å². The number of unbranched alkanes of at least 4 members (excludes halogenated alkanes) is 11. The fraction of sp³-hybridized carbons (Fsp3) is 0.917. The Bertz CT molecular complexity index is 419. The molecule has 0 spiro atoms. The molecule has 1 atom stereocenters. The van der Waals surface area contributed by atoms with Gasteiger partial charge in [0.1, 0.15) is 0 Å². The van der Waals surface area contributed by atoms with Crippen molar-refractivity contribution in [2.45, 2.75) is 109 Å². The van der Waals surface area contributed by atoms with Crippen molar-refractivity contribution >= 4 is 11.9 Å². The number of amides is 1. The van der Waals surface area contributed by atoms with Crippen molar-refractivity contribution < 1.29 is 18.8 Å². The van der Waals surface area contributed by atoms with Gasteiger partial charge < -0.3 is 14.5 Å². The molecule has 0 aliphatic rings. The summed E-state index contributed by atoms with van der Waals surface area (Å²) < 4.78 is 5.48. The van der Waals surface area contributed by atoms with Gasteiger partial charge in [-0.2, -0.15) is 0 Å². The first-order valence-electron chi connectivity index (χ1n) is 12.0. The van der Waals surface area contributed by atoms with Crippen LogP contribution in [0.25, 0.3) is 0 Å². The van der Waals surface area contributed by atoms with Gasteiger partial charge in [-0.25, -0.2) is 4.79 Å². The Morgan fingerprint density at radius 2 is 1.31 bits per heavy atom. The second-order valence-electron chi connectivity index (χ2n) is 9.29. The van der Waals surface area contributed by atoms with Crippen molar-refractivity contribution in [3.63, 3.8) is 0 Å². The lowest BCUT2D eigenvalue weighted by molar-refractivity contribution is -0.887. The van der Waals surface area contributed by atoms with Crippen molar-refractivity contribution in [3.05, 3.63) is 0 Å². The molecule has 0 aromatic rings. The SMILES string of the molecule is CCCCCCCCCCCCCC(=O)NCCCC[C@@H](C(=O)OC)[N+](C)(C)C. The first-order chi connectivity index (χ1) is 13.8. The molecule has 0 fully saturated rings. The number of hydrogen-bond acceptors (Lipinski definition) is 3. The molecule has 5 heteroatoms. The van der Waals surface area contributed by atoms with Crippen LogP contribution in [0.1, 0.15) is 103 Å². The summed E-state index contributed by atoms with van der Waals surface area (Å²) in [6.45, 7) is 2.96. The molecule has 0 aromatic heterocycles. The van der Waals surface area contributed by atoms with Crippen molar-refractivity contribution in [2.75, 3.05) is 34.8 Å². The minimum absolute atomic E-state index is 0.146. The lowest BCUT2D eigenvalue weighted by atomic mass is 10.1. The highest BCUT2D eigenvalue weighted by Crippen LogP contribution is 2.14. The first kappa shape index (κ1) is 27.9. The van der Waals surface area contributed by atoms with E-state index in [0.29, 0.717) is 17.4 Å². The van der Waals surface area contributed by atoms with E-state index in [2.05, 4.69) is 12.2 Å². The summed E-state index contributed by atoms with van der Waals surface area (Å²) in [7, 11) is 7.48. The molecule has 0 heterocycles. The van der Waals surface area contributed by atoms with Gasteiger partial charge in [-0.3, -0.25) is 4.79 Å². The maximum atomic E-state index is 11.9. The molecule has 0 aliphatic carbocycles. The molecule has 0 aliphatic heterocycles. The number of carbonyl (C=O) groups is 2. The number of likely N-dealkylation sites (N-methyl/N-ethyl adjacent to an activating group) is 1. The van der Waals surface area contributed by atoms with Crippen LogP contribution in [0.4, 0.5) is 0 Å². The normalized spacial score (nSPS) is 12.6. The zero-order chi connectivity index (χ0) is 22.0. The molecule has 0 unspecified atom stereocenters. The number of nitrogens with one attached hydrogen (secondary N) is 1. The van der Waals surface area contributed by atoms with E-state index in [1.807, 2.05) is 21.1 Å². The molecule has 1 N–H and O–H groups in total. The summed E-state index contributed by atoms with van der Waals surface area (Å²) in [6, 6.07) is -0.146. The fourth-order valence-corrected chi connectivity index (χ4v) is 3.69. The van der Waals surface area contributed by atoms with Crippen LogP contribution in [0, 0.1) is 0 Å². The number of nitrogens with zero attached hydrogens (tertiary/aromatic N) is 1. The van der Waals surface area contributed by atoms with E-state index < -0.39 is 0 Å². The molecule has 0 radical (unpaired) electrons. The summed E-state index contributed by atoms with van der Waals surface area (Å²) in [5.74, 6) is 0.00933. The summed E-state index contributed by atoms with van der Waals surface area (Å²) >= 11 is 0. The van der Waals surface area contributed by atoms with Gasteiger partial charge in [0.2, 0.25) is 5.91 Å². The van der Waals surface area contributed by atoms with E-state index in [4.69, 9.17) is 4.74 Å². The third kappa shape index (κ3) is 16.4. The Morgan fingerprint density at radius 3 is 1.79 bits per heavy atom. The van der Waals surface area contributed by atoms with Gasteiger partial charge in [0, 0.05) is 19.4 Å². The van der Waals surface area contributed by atoms with Crippen molar-refractivity contribution in [1.29, 1.82) is 0 Å². The van der Waals surface area contributed by atoms with Crippen LogP contribution >= 0.6 is 0 Å². The Morgan fingerprint density at radius 1 is 0.793 bits per heavy atom. The summed E-state index contributed by atoms with van der Waals surface area (Å²) in [5, 5.41) is 3.01. The molecule has 5 nitrogen and oxygen atoms in total. The van der Waals surface area contributed by atoms with E-state index in [9.17, 15) is 9.59 Å². The van der Waals surface area contributed by atoms with Gasteiger partial charge in [-0.05, 0) is 19.3 Å². The third-order valence-corrected chi connectivity index (χ3v) is 5.64. The average molecular weight is 414 g/mol. The highest BCUT2D eigenvalue weighted by atomic mass is 16.5. The van der Waals surface area contributed by atoms with Crippen LogP contribution in [0.3, 0.4) is 0 Å². The summed E-state index contributed by atoms with van der Waals surface area (Å²) in [5.41, 5.74) is 0. The number of rotatable bonds is 19. The van der Waals surface area contributed by atoms with E-state index in [1.54, 1.807) is 0 Å². The highest BCUT2D eigenvalue weighted by Gasteiger charge is 2.31. The minimum atomic E-state index is -0.155.